The van der Waals surface area contributed by atoms with Crippen molar-refractivity contribution in [2.75, 3.05) is 6.61 Å². The average Bonchev–Trinajstić information content (AvgIpc) is 2.76. The van der Waals surface area contributed by atoms with Crippen molar-refractivity contribution in [2.45, 2.75) is 53.5 Å². The maximum absolute atomic E-state index is 13.2. The first kappa shape index (κ1) is 24.2. The van der Waals surface area contributed by atoms with Crippen molar-refractivity contribution < 1.29 is 19.2 Å². The summed E-state index contributed by atoms with van der Waals surface area (Å²) in [5, 5.41) is 11.2. The molecular formula is C26H30N2O5. The van der Waals surface area contributed by atoms with E-state index in [-0.39, 0.29) is 37.1 Å². The van der Waals surface area contributed by atoms with Gasteiger partial charge in [0.1, 0.15) is 0 Å². The van der Waals surface area contributed by atoms with Gasteiger partial charge in [0.05, 0.1) is 23.6 Å². The molecule has 0 bridgehead atoms. The number of hydrogen-bond acceptors (Lipinski definition) is 5. The summed E-state index contributed by atoms with van der Waals surface area (Å²) in [5.41, 5.74) is 4.57. The predicted octanol–water partition coefficient (Wildman–Crippen LogP) is 5.20. The molecule has 0 saturated heterocycles. The number of non-ortho nitro benzene ring substituents is 1. The SMILES string of the molecule is CC1=C(C(=O)OCC(C)C)[C@@H](c2cc(C)ccc2C)CC(=O)N1Cc1cccc([N+](=O)[O-])c1. The molecule has 0 saturated carbocycles. The minimum atomic E-state index is -0.463. The van der Waals surface area contributed by atoms with E-state index in [9.17, 15) is 19.7 Å². The van der Waals surface area contributed by atoms with Crippen LogP contribution in [0.4, 0.5) is 5.69 Å². The highest BCUT2D eigenvalue weighted by Crippen LogP contribution is 2.39. The second-order valence-corrected chi connectivity index (χ2v) is 9.02. The van der Waals surface area contributed by atoms with Gasteiger partial charge in [0.2, 0.25) is 5.91 Å². The summed E-state index contributed by atoms with van der Waals surface area (Å²) in [6.07, 6.45) is 0.128. The molecule has 1 aliphatic rings. The normalized spacial score (nSPS) is 16.4. The fraction of sp³-hybridized carbons (Fsp3) is 0.385. The molecule has 2 aromatic rings. The van der Waals surface area contributed by atoms with Gasteiger partial charge in [-0.05, 0) is 43.4 Å². The molecule has 3 rings (SSSR count). The van der Waals surface area contributed by atoms with E-state index >= 15 is 0 Å². The molecule has 33 heavy (non-hydrogen) atoms. The predicted molar refractivity (Wildman–Crippen MR) is 125 cm³/mol. The number of carbonyl (C=O) groups is 2. The van der Waals surface area contributed by atoms with Gasteiger partial charge in [0, 0.05) is 30.2 Å². The average molecular weight is 451 g/mol. The van der Waals surface area contributed by atoms with Crippen LogP contribution in [0, 0.1) is 29.9 Å². The molecule has 7 heteroatoms. The number of allylic oxidation sites excluding steroid dienone is 1. The monoisotopic (exact) mass is 450 g/mol. The van der Waals surface area contributed by atoms with E-state index in [2.05, 4.69) is 0 Å². The van der Waals surface area contributed by atoms with E-state index in [1.807, 2.05) is 45.9 Å². The Morgan fingerprint density at radius 3 is 2.58 bits per heavy atom. The maximum atomic E-state index is 13.2. The Kier molecular flexibility index (Phi) is 7.31. The Balaban J connectivity index is 2.05. The van der Waals surface area contributed by atoms with Crippen LogP contribution in [0.2, 0.25) is 0 Å². The number of nitro groups is 1. The molecule has 174 valence electrons. The molecule has 0 N–H and O–H groups in total. The second kappa shape index (κ2) is 9.98. The van der Waals surface area contributed by atoms with Gasteiger partial charge in [-0.1, -0.05) is 49.7 Å². The smallest absolute Gasteiger partial charge is 0.336 e. The minimum Gasteiger partial charge on any atom is -0.462 e. The van der Waals surface area contributed by atoms with E-state index in [0.29, 0.717) is 16.8 Å². The van der Waals surface area contributed by atoms with Crippen molar-refractivity contribution in [2.24, 2.45) is 5.92 Å². The maximum Gasteiger partial charge on any atom is 0.336 e. The highest BCUT2D eigenvalue weighted by molar-refractivity contribution is 5.96. The molecule has 1 amide bonds. The number of esters is 1. The molecule has 1 aliphatic heterocycles. The first-order valence-corrected chi connectivity index (χ1v) is 11.1. The zero-order valence-electron chi connectivity index (χ0n) is 19.8. The molecule has 7 nitrogen and oxygen atoms in total. The summed E-state index contributed by atoms with van der Waals surface area (Å²) in [6.45, 7) is 10.1. The van der Waals surface area contributed by atoms with Crippen molar-refractivity contribution in [3.8, 4) is 0 Å². The third-order valence-electron chi connectivity index (χ3n) is 5.86. The molecule has 1 heterocycles. The summed E-state index contributed by atoms with van der Waals surface area (Å²) >= 11 is 0. The Hall–Kier alpha value is -3.48. The number of nitro benzene ring substituents is 1. The van der Waals surface area contributed by atoms with E-state index in [4.69, 9.17) is 4.74 Å². The first-order chi connectivity index (χ1) is 15.6. The van der Waals surface area contributed by atoms with Crippen molar-refractivity contribution >= 4 is 17.6 Å². The van der Waals surface area contributed by atoms with E-state index in [0.717, 1.165) is 16.7 Å². The van der Waals surface area contributed by atoms with Gasteiger partial charge >= 0.3 is 5.97 Å². The van der Waals surface area contributed by atoms with Crippen LogP contribution < -0.4 is 0 Å². The molecule has 1 atom stereocenters. The van der Waals surface area contributed by atoms with Crippen LogP contribution in [-0.4, -0.2) is 28.3 Å². The van der Waals surface area contributed by atoms with E-state index in [1.165, 1.54) is 17.0 Å². The van der Waals surface area contributed by atoms with Crippen LogP contribution in [0.15, 0.2) is 53.7 Å². The number of ether oxygens (including phenoxy) is 1. The van der Waals surface area contributed by atoms with Gasteiger partial charge in [0.15, 0.2) is 0 Å². The number of benzene rings is 2. The topological polar surface area (TPSA) is 89.8 Å². The van der Waals surface area contributed by atoms with E-state index in [1.54, 1.807) is 19.1 Å². The Bertz CT molecular complexity index is 1120. The summed E-state index contributed by atoms with van der Waals surface area (Å²) in [5.74, 6) is -0.785. The minimum absolute atomic E-state index is 0.0385. The Labute approximate surface area is 194 Å². The van der Waals surface area contributed by atoms with Gasteiger partial charge in [-0.2, -0.15) is 0 Å². The van der Waals surface area contributed by atoms with Gasteiger partial charge in [0.25, 0.3) is 5.69 Å². The largest absolute Gasteiger partial charge is 0.462 e. The number of carbonyl (C=O) groups excluding carboxylic acids is 2. The summed E-state index contributed by atoms with van der Waals surface area (Å²) in [6, 6.07) is 12.2. The third-order valence-corrected chi connectivity index (χ3v) is 5.86. The highest BCUT2D eigenvalue weighted by Gasteiger charge is 2.37. The lowest BCUT2D eigenvalue weighted by Crippen LogP contribution is -2.38. The molecule has 0 spiro atoms. The van der Waals surface area contributed by atoms with Crippen LogP contribution in [0.5, 0.6) is 0 Å². The molecule has 2 aromatic carbocycles. The van der Waals surface area contributed by atoms with Crippen molar-refractivity contribution in [3.05, 3.63) is 86.1 Å². The zero-order valence-corrected chi connectivity index (χ0v) is 19.8. The number of amides is 1. The number of aryl methyl sites for hydroxylation is 2. The van der Waals surface area contributed by atoms with Gasteiger partial charge in [-0.25, -0.2) is 4.79 Å². The number of rotatable bonds is 7. The van der Waals surface area contributed by atoms with Crippen molar-refractivity contribution in [3.63, 3.8) is 0 Å². The standard InChI is InChI=1S/C26H30N2O5/c1-16(2)15-33-26(30)25-19(5)27(14-20-7-6-8-21(12-20)28(31)32)24(29)13-23(25)22-11-17(3)9-10-18(22)4/h6-12,16,23H,13-15H2,1-5H3/t23-/m1/s1. The number of hydrogen-bond donors (Lipinski definition) is 0. The quantitative estimate of drug-likeness (QED) is 0.328. The van der Waals surface area contributed by atoms with Gasteiger partial charge in [-0.3, -0.25) is 14.9 Å². The fourth-order valence-electron chi connectivity index (χ4n) is 4.14. The fourth-order valence-corrected chi connectivity index (χ4v) is 4.14. The van der Waals surface area contributed by atoms with Crippen LogP contribution >= 0.6 is 0 Å². The lowest BCUT2D eigenvalue weighted by Gasteiger charge is -2.35. The second-order valence-electron chi connectivity index (χ2n) is 9.02. The van der Waals surface area contributed by atoms with Gasteiger partial charge < -0.3 is 9.64 Å². The van der Waals surface area contributed by atoms with Crippen LogP contribution in [0.1, 0.15) is 55.4 Å². The molecule has 0 aromatic heterocycles. The molecule has 0 unspecified atom stereocenters. The van der Waals surface area contributed by atoms with Crippen LogP contribution in [-0.2, 0) is 20.9 Å². The zero-order chi connectivity index (χ0) is 24.3. The Morgan fingerprint density at radius 1 is 1.18 bits per heavy atom. The molecule has 0 radical (unpaired) electrons. The third kappa shape index (κ3) is 5.48. The number of nitrogens with zero attached hydrogens (tertiary/aromatic N) is 2. The van der Waals surface area contributed by atoms with Crippen LogP contribution in [0.3, 0.4) is 0 Å². The lowest BCUT2D eigenvalue weighted by molar-refractivity contribution is -0.384. The van der Waals surface area contributed by atoms with Crippen molar-refractivity contribution in [1.29, 1.82) is 0 Å². The summed E-state index contributed by atoms with van der Waals surface area (Å²) in [4.78, 5) is 38.7. The molecule has 0 fully saturated rings. The molecular weight excluding hydrogens is 420 g/mol. The van der Waals surface area contributed by atoms with Crippen LogP contribution in [0.25, 0.3) is 0 Å². The first-order valence-electron chi connectivity index (χ1n) is 11.1. The lowest BCUT2D eigenvalue weighted by atomic mass is 9.81. The summed E-state index contributed by atoms with van der Waals surface area (Å²) in [7, 11) is 0. The van der Waals surface area contributed by atoms with Gasteiger partial charge in [-0.15, -0.1) is 0 Å². The highest BCUT2D eigenvalue weighted by atomic mass is 16.6. The summed E-state index contributed by atoms with van der Waals surface area (Å²) < 4.78 is 5.60. The van der Waals surface area contributed by atoms with Crippen molar-refractivity contribution in [1.82, 2.24) is 4.90 Å². The van der Waals surface area contributed by atoms with E-state index < -0.39 is 16.8 Å². The Morgan fingerprint density at radius 2 is 1.91 bits per heavy atom. The molecule has 0 aliphatic carbocycles.